The van der Waals surface area contributed by atoms with Crippen molar-refractivity contribution < 1.29 is 22.6 Å². The number of hydrogen-bond donors (Lipinski definition) is 0. The predicted octanol–water partition coefficient (Wildman–Crippen LogP) is 6.95. The Morgan fingerprint density at radius 3 is 2.34 bits per heavy atom. The third-order valence-electron chi connectivity index (χ3n) is 6.54. The molecule has 35 heavy (non-hydrogen) atoms. The third kappa shape index (κ3) is 5.75. The Hall–Kier alpha value is -3.14. The first-order valence-electron chi connectivity index (χ1n) is 11.9. The fraction of sp³-hybridized carbons (Fsp3) is 0.345. The molecule has 1 aliphatic heterocycles. The number of aryl methyl sites for hydroxylation is 3. The van der Waals surface area contributed by atoms with E-state index in [0.717, 1.165) is 48.8 Å². The van der Waals surface area contributed by atoms with Crippen molar-refractivity contribution in [2.75, 3.05) is 13.2 Å². The van der Waals surface area contributed by atoms with Crippen LogP contribution in [0.3, 0.4) is 0 Å². The molecule has 0 aromatic heterocycles. The van der Waals surface area contributed by atoms with Crippen molar-refractivity contribution in [1.82, 2.24) is 0 Å². The Balaban J connectivity index is 1.46. The van der Waals surface area contributed by atoms with E-state index in [0.29, 0.717) is 36.1 Å². The van der Waals surface area contributed by atoms with Gasteiger partial charge in [-0.1, -0.05) is 36.4 Å². The highest BCUT2D eigenvalue weighted by Crippen LogP contribution is 2.31. The normalized spacial score (nSPS) is 15.1. The van der Waals surface area contributed by atoms with E-state index in [1.807, 2.05) is 24.3 Å². The summed E-state index contributed by atoms with van der Waals surface area (Å²) in [5.74, 6) is -2.72. The summed E-state index contributed by atoms with van der Waals surface area (Å²) >= 11 is 0. The van der Waals surface area contributed by atoms with Crippen LogP contribution in [0.2, 0.25) is 0 Å². The number of ether oxygens (including phenoxy) is 2. The minimum atomic E-state index is -0.899. The summed E-state index contributed by atoms with van der Waals surface area (Å²) < 4.78 is 55.0. The second-order valence-corrected chi connectivity index (χ2v) is 8.93. The first kappa shape index (κ1) is 25.0. The molecule has 0 spiro atoms. The van der Waals surface area contributed by atoms with Crippen LogP contribution in [0, 0.1) is 28.8 Å². The van der Waals surface area contributed by atoms with Crippen LogP contribution in [-0.4, -0.2) is 19.0 Å². The van der Waals surface area contributed by atoms with Crippen molar-refractivity contribution in [2.45, 2.75) is 50.7 Å². The Morgan fingerprint density at radius 2 is 1.66 bits per heavy atom. The average molecular weight is 480 g/mol. The summed E-state index contributed by atoms with van der Waals surface area (Å²) in [5.41, 5.74) is 1.33. The van der Waals surface area contributed by atoms with E-state index in [1.165, 1.54) is 6.07 Å². The predicted molar refractivity (Wildman–Crippen MR) is 129 cm³/mol. The molecule has 4 rings (SSSR count). The smallest absolute Gasteiger partial charge is 0.168 e. The van der Waals surface area contributed by atoms with Crippen molar-refractivity contribution in [1.29, 1.82) is 5.26 Å². The van der Waals surface area contributed by atoms with Crippen LogP contribution in [0.25, 0.3) is 10.8 Å². The number of halogens is 3. The molecule has 3 aromatic rings. The number of nitriles is 1. The molecule has 1 aliphatic rings. The van der Waals surface area contributed by atoms with Gasteiger partial charge in [0, 0.05) is 18.2 Å². The molecule has 0 saturated carbocycles. The second-order valence-electron chi connectivity index (χ2n) is 8.93. The van der Waals surface area contributed by atoms with Gasteiger partial charge < -0.3 is 9.47 Å². The Kier molecular flexibility index (Phi) is 7.90. The quantitative estimate of drug-likeness (QED) is 0.312. The van der Waals surface area contributed by atoms with Crippen LogP contribution < -0.4 is 0 Å². The molecule has 1 heterocycles. The Bertz CT molecular complexity index is 1240. The molecule has 1 fully saturated rings. The summed E-state index contributed by atoms with van der Waals surface area (Å²) in [7, 11) is 0. The van der Waals surface area contributed by atoms with Gasteiger partial charge in [0.2, 0.25) is 0 Å². The zero-order valence-corrected chi connectivity index (χ0v) is 19.6. The molecule has 0 N–H and O–H groups in total. The molecule has 0 atom stereocenters. The summed E-state index contributed by atoms with van der Waals surface area (Å²) in [6.07, 6.45) is 6.33. The lowest BCUT2D eigenvalue weighted by Gasteiger charge is -2.37. The molecule has 0 amide bonds. The highest BCUT2D eigenvalue weighted by Gasteiger charge is 2.33. The highest BCUT2D eigenvalue weighted by molar-refractivity contribution is 5.84. The first-order valence-corrected chi connectivity index (χ1v) is 11.9. The zero-order valence-electron chi connectivity index (χ0n) is 19.6. The minimum absolute atomic E-state index is 0.257. The minimum Gasteiger partial charge on any atom is -0.350 e. The SMILES string of the molecule is C=CCCC1(CCc2ccc3c(F)c(CCc4cc(F)c(C#N)c(F)c4)ccc3c2)OCCCO1. The Labute approximate surface area is 203 Å². The van der Waals surface area contributed by atoms with E-state index in [1.54, 1.807) is 12.1 Å². The van der Waals surface area contributed by atoms with Crippen LogP contribution >= 0.6 is 0 Å². The number of rotatable bonds is 9. The van der Waals surface area contributed by atoms with Crippen molar-refractivity contribution >= 4 is 10.8 Å². The van der Waals surface area contributed by atoms with Crippen LogP contribution in [-0.2, 0) is 28.7 Å². The van der Waals surface area contributed by atoms with Gasteiger partial charge in [-0.2, -0.15) is 5.26 Å². The van der Waals surface area contributed by atoms with Gasteiger partial charge >= 0.3 is 0 Å². The first-order chi connectivity index (χ1) is 16.9. The molecule has 3 aromatic carbocycles. The molecule has 3 nitrogen and oxygen atoms in total. The molecular formula is C29H28F3NO2. The largest absolute Gasteiger partial charge is 0.350 e. The lowest BCUT2D eigenvalue weighted by Crippen LogP contribution is -2.41. The molecule has 6 heteroatoms. The van der Waals surface area contributed by atoms with Gasteiger partial charge in [-0.15, -0.1) is 6.58 Å². The number of nitrogens with zero attached hydrogens (tertiary/aromatic N) is 1. The number of hydrogen-bond acceptors (Lipinski definition) is 3. The lowest BCUT2D eigenvalue weighted by atomic mass is 9.95. The van der Waals surface area contributed by atoms with Gasteiger partial charge in [-0.3, -0.25) is 0 Å². The molecule has 1 saturated heterocycles. The van der Waals surface area contributed by atoms with Gasteiger partial charge in [0.05, 0.1) is 13.2 Å². The lowest BCUT2D eigenvalue weighted by molar-refractivity contribution is -0.272. The molecule has 0 bridgehead atoms. The number of fused-ring (bicyclic) bond motifs is 1. The van der Waals surface area contributed by atoms with Gasteiger partial charge in [0.15, 0.2) is 5.79 Å². The fourth-order valence-corrected chi connectivity index (χ4v) is 4.58. The van der Waals surface area contributed by atoms with E-state index in [2.05, 4.69) is 6.58 Å². The maximum atomic E-state index is 15.2. The van der Waals surface area contributed by atoms with Crippen molar-refractivity contribution in [2.24, 2.45) is 0 Å². The summed E-state index contributed by atoms with van der Waals surface area (Å²) in [6.45, 7) is 5.17. The maximum Gasteiger partial charge on any atom is 0.168 e. The van der Waals surface area contributed by atoms with Crippen LogP contribution in [0.15, 0.2) is 55.1 Å². The standard InChI is InChI=1S/C29H28F3NO2/c1-2-3-12-29(34-14-4-15-35-29)13-11-20-6-10-24-23(16-20)9-8-22(28(24)32)7-5-21-17-26(30)25(19-33)27(31)18-21/h2,6,8-10,16-18H,1,3-5,7,11-15H2. The Morgan fingerprint density at radius 1 is 0.914 bits per heavy atom. The average Bonchev–Trinajstić information content (AvgIpc) is 2.86. The van der Waals surface area contributed by atoms with Crippen molar-refractivity contribution in [3.05, 3.63) is 94.8 Å². The van der Waals surface area contributed by atoms with Gasteiger partial charge in [-0.05, 0) is 66.3 Å². The molecule has 0 aliphatic carbocycles. The summed E-state index contributed by atoms with van der Waals surface area (Å²) in [5, 5.41) is 10.1. The number of allylic oxidation sites excluding steroid dienone is 1. The second kappa shape index (κ2) is 11.1. The van der Waals surface area contributed by atoms with Gasteiger partial charge in [0.1, 0.15) is 29.1 Å². The van der Waals surface area contributed by atoms with E-state index in [9.17, 15) is 8.78 Å². The molecular weight excluding hydrogens is 451 g/mol. The number of benzene rings is 3. The van der Waals surface area contributed by atoms with E-state index < -0.39 is 23.0 Å². The van der Waals surface area contributed by atoms with Crippen LogP contribution in [0.1, 0.15) is 47.9 Å². The van der Waals surface area contributed by atoms with Crippen LogP contribution in [0.5, 0.6) is 0 Å². The van der Waals surface area contributed by atoms with Gasteiger partial charge in [0.25, 0.3) is 0 Å². The fourth-order valence-electron chi connectivity index (χ4n) is 4.58. The van der Waals surface area contributed by atoms with E-state index in [4.69, 9.17) is 14.7 Å². The van der Waals surface area contributed by atoms with E-state index >= 15 is 4.39 Å². The third-order valence-corrected chi connectivity index (χ3v) is 6.54. The zero-order chi connectivity index (χ0) is 24.8. The molecule has 182 valence electrons. The summed E-state index contributed by atoms with van der Waals surface area (Å²) in [4.78, 5) is 0. The maximum absolute atomic E-state index is 15.2. The van der Waals surface area contributed by atoms with E-state index in [-0.39, 0.29) is 18.7 Å². The topological polar surface area (TPSA) is 42.2 Å². The molecule has 0 radical (unpaired) electrons. The van der Waals surface area contributed by atoms with Crippen molar-refractivity contribution in [3.8, 4) is 6.07 Å². The summed E-state index contributed by atoms with van der Waals surface area (Å²) in [6, 6.07) is 13.1. The molecule has 0 unspecified atom stereocenters. The monoisotopic (exact) mass is 479 g/mol. The van der Waals surface area contributed by atoms with Crippen LogP contribution in [0.4, 0.5) is 13.2 Å². The van der Waals surface area contributed by atoms with Gasteiger partial charge in [-0.25, -0.2) is 13.2 Å². The van der Waals surface area contributed by atoms with Crippen molar-refractivity contribution in [3.63, 3.8) is 0 Å². The highest BCUT2D eigenvalue weighted by atomic mass is 19.1.